The van der Waals surface area contributed by atoms with Crippen LogP contribution in [0.4, 0.5) is 5.13 Å². The van der Waals surface area contributed by atoms with Crippen LogP contribution >= 0.6 is 11.3 Å². The second-order valence-electron chi connectivity index (χ2n) is 3.94. The van der Waals surface area contributed by atoms with Crippen LogP contribution in [0.3, 0.4) is 0 Å². The first-order valence-corrected chi connectivity index (χ1v) is 7.39. The Labute approximate surface area is 118 Å². The first-order valence-electron chi connectivity index (χ1n) is 6.57. The molecule has 0 amide bonds. The van der Waals surface area contributed by atoms with Crippen molar-refractivity contribution < 1.29 is 14.2 Å². The summed E-state index contributed by atoms with van der Waals surface area (Å²) in [4.78, 5) is 0. The first kappa shape index (κ1) is 16.3. The number of methoxy groups -OCH3 is 1. The minimum absolute atomic E-state index is 0.517. The molecule has 0 bridgehead atoms. The summed E-state index contributed by atoms with van der Waals surface area (Å²) in [5, 5.41) is 13.1. The van der Waals surface area contributed by atoms with Crippen LogP contribution < -0.4 is 5.32 Å². The number of rotatable bonds is 12. The van der Waals surface area contributed by atoms with E-state index in [-0.39, 0.29) is 0 Å². The molecule has 0 aliphatic rings. The standard InChI is InChI=1S/C12H23N3O3S/c1-3-5-13-12-15-14-11(19-12)10-18-7-4-6-17-9-8-16-2/h3-10H2,1-2H3,(H,13,15). The SMILES string of the molecule is CCCNc1nnc(COCCCOCCOC)s1. The number of nitrogens with one attached hydrogen (secondary N) is 1. The van der Waals surface area contributed by atoms with E-state index in [1.807, 2.05) is 0 Å². The van der Waals surface area contributed by atoms with E-state index in [1.54, 1.807) is 18.4 Å². The van der Waals surface area contributed by atoms with Crippen molar-refractivity contribution in [1.82, 2.24) is 10.2 Å². The van der Waals surface area contributed by atoms with Gasteiger partial charge in [-0.3, -0.25) is 0 Å². The molecule has 0 radical (unpaired) electrons. The number of nitrogens with zero attached hydrogens (tertiary/aromatic N) is 2. The van der Waals surface area contributed by atoms with Gasteiger partial charge in [0.1, 0.15) is 11.6 Å². The number of aromatic nitrogens is 2. The molecule has 1 aromatic heterocycles. The lowest BCUT2D eigenvalue weighted by Gasteiger charge is -2.03. The van der Waals surface area contributed by atoms with E-state index in [0.717, 1.165) is 29.5 Å². The van der Waals surface area contributed by atoms with Crippen molar-refractivity contribution in [1.29, 1.82) is 0 Å². The number of hydrogen-bond acceptors (Lipinski definition) is 7. The monoisotopic (exact) mass is 289 g/mol. The minimum atomic E-state index is 0.517. The van der Waals surface area contributed by atoms with Crippen molar-refractivity contribution >= 4 is 16.5 Å². The molecule has 110 valence electrons. The van der Waals surface area contributed by atoms with E-state index in [2.05, 4.69) is 22.4 Å². The predicted molar refractivity (Wildman–Crippen MR) is 75.7 cm³/mol. The molecule has 0 aromatic carbocycles. The Bertz CT molecular complexity index is 323. The van der Waals surface area contributed by atoms with E-state index < -0.39 is 0 Å². The van der Waals surface area contributed by atoms with E-state index in [0.29, 0.717) is 33.0 Å². The molecular formula is C12H23N3O3S. The Morgan fingerprint density at radius 2 is 1.95 bits per heavy atom. The van der Waals surface area contributed by atoms with Crippen LogP contribution in [0.1, 0.15) is 24.8 Å². The van der Waals surface area contributed by atoms with Gasteiger partial charge in [-0.25, -0.2) is 0 Å². The summed E-state index contributed by atoms with van der Waals surface area (Å²) in [6, 6.07) is 0. The number of ether oxygens (including phenoxy) is 3. The largest absolute Gasteiger partial charge is 0.382 e. The zero-order valence-corrected chi connectivity index (χ0v) is 12.5. The van der Waals surface area contributed by atoms with Crippen molar-refractivity contribution in [2.24, 2.45) is 0 Å². The average Bonchev–Trinajstić information content (AvgIpc) is 2.87. The number of anilines is 1. The van der Waals surface area contributed by atoms with E-state index in [9.17, 15) is 0 Å². The summed E-state index contributed by atoms with van der Waals surface area (Å²) in [7, 11) is 1.66. The van der Waals surface area contributed by atoms with Gasteiger partial charge in [-0.1, -0.05) is 18.3 Å². The van der Waals surface area contributed by atoms with Crippen molar-refractivity contribution in [2.45, 2.75) is 26.4 Å². The summed E-state index contributed by atoms with van der Waals surface area (Å²) >= 11 is 1.54. The van der Waals surface area contributed by atoms with Gasteiger partial charge in [-0.2, -0.15) is 0 Å². The van der Waals surface area contributed by atoms with Gasteiger partial charge >= 0.3 is 0 Å². The zero-order valence-electron chi connectivity index (χ0n) is 11.7. The van der Waals surface area contributed by atoms with Crippen molar-refractivity contribution in [3.8, 4) is 0 Å². The lowest BCUT2D eigenvalue weighted by molar-refractivity contribution is 0.0482. The molecule has 0 saturated heterocycles. The molecule has 0 atom stereocenters. The highest BCUT2D eigenvalue weighted by molar-refractivity contribution is 7.15. The molecule has 0 aliphatic carbocycles. The summed E-state index contributed by atoms with van der Waals surface area (Å²) in [6.45, 7) is 6.20. The van der Waals surface area contributed by atoms with Crippen LogP contribution in [0.25, 0.3) is 0 Å². The van der Waals surface area contributed by atoms with Crippen LogP contribution in [-0.2, 0) is 20.8 Å². The van der Waals surface area contributed by atoms with Crippen LogP contribution in [0, 0.1) is 0 Å². The van der Waals surface area contributed by atoms with E-state index >= 15 is 0 Å². The van der Waals surface area contributed by atoms with Crippen LogP contribution in [-0.4, -0.2) is 50.3 Å². The Kier molecular flexibility index (Phi) is 9.52. The Morgan fingerprint density at radius 1 is 1.11 bits per heavy atom. The molecule has 1 heterocycles. The topological polar surface area (TPSA) is 65.5 Å². The van der Waals surface area contributed by atoms with Gasteiger partial charge in [0.2, 0.25) is 5.13 Å². The molecule has 7 heteroatoms. The molecule has 6 nitrogen and oxygen atoms in total. The minimum Gasteiger partial charge on any atom is -0.382 e. The fourth-order valence-electron chi connectivity index (χ4n) is 1.28. The van der Waals surface area contributed by atoms with Gasteiger partial charge in [0.15, 0.2) is 0 Å². The summed E-state index contributed by atoms with van der Waals surface area (Å²) < 4.78 is 15.7. The van der Waals surface area contributed by atoms with Gasteiger partial charge in [-0.05, 0) is 12.8 Å². The van der Waals surface area contributed by atoms with Crippen LogP contribution in [0.5, 0.6) is 0 Å². The second kappa shape index (κ2) is 11.1. The molecule has 0 unspecified atom stereocenters. The molecular weight excluding hydrogens is 266 g/mol. The molecule has 19 heavy (non-hydrogen) atoms. The fraction of sp³-hybridized carbons (Fsp3) is 0.833. The third kappa shape index (κ3) is 8.10. The quantitative estimate of drug-likeness (QED) is 0.593. The summed E-state index contributed by atoms with van der Waals surface area (Å²) in [5.41, 5.74) is 0. The third-order valence-electron chi connectivity index (χ3n) is 2.23. The van der Waals surface area contributed by atoms with Gasteiger partial charge in [0.25, 0.3) is 0 Å². The average molecular weight is 289 g/mol. The molecule has 0 aliphatic heterocycles. The number of hydrogen-bond donors (Lipinski definition) is 1. The second-order valence-corrected chi connectivity index (χ2v) is 5.00. The lowest BCUT2D eigenvalue weighted by Crippen LogP contribution is -2.05. The van der Waals surface area contributed by atoms with Gasteiger partial charge in [-0.15, -0.1) is 10.2 Å². The van der Waals surface area contributed by atoms with Crippen LogP contribution in [0.15, 0.2) is 0 Å². The highest BCUT2D eigenvalue weighted by Crippen LogP contribution is 2.15. The highest BCUT2D eigenvalue weighted by Gasteiger charge is 2.03. The molecule has 1 aromatic rings. The maximum Gasteiger partial charge on any atom is 0.205 e. The smallest absolute Gasteiger partial charge is 0.205 e. The third-order valence-corrected chi connectivity index (χ3v) is 3.08. The Hall–Kier alpha value is -0.760. The highest BCUT2D eigenvalue weighted by atomic mass is 32.1. The van der Waals surface area contributed by atoms with Gasteiger partial charge in [0.05, 0.1) is 13.2 Å². The summed E-state index contributed by atoms with van der Waals surface area (Å²) in [5.74, 6) is 0. The first-order chi connectivity index (χ1) is 9.36. The molecule has 1 N–H and O–H groups in total. The van der Waals surface area contributed by atoms with Crippen molar-refractivity contribution in [3.63, 3.8) is 0 Å². The Balaban J connectivity index is 1.98. The Morgan fingerprint density at radius 3 is 2.74 bits per heavy atom. The maximum atomic E-state index is 5.51. The van der Waals surface area contributed by atoms with E-state index in [4.69, 9.17) is 14.2 Å². The maximum absolute atomic E-state index is 5.51. The van der Waals surface area contributed by atoms with Crippen molar-refractivity contribution in [3.05, 3.63) is 5.01 Å². The molecule has 1 rings (SSSR count). The zero-order chi connectivity index (χ0) is 13.8. The van der Waals surface area contributed by atoms with Crippen LogP contribution in [0.2, 0.25) is 0 Å². The molecule has 0 spiro atoms. The van der Waals surface area contributed by atoms with Gasteiger partial charge in [0, 0.05) is 26.9 Å². The predicted octanol–water partition coefficient (Wildman–Crippen LogP) is 1.93. The normalized spacial score (nSPS) is 10.8. The molecule has 0 saturated carbocycles. The summed E-state index contributed by atoms with van der Waals surface area (Å²) in [6.07, 6.45) is 1.96. The van der Waals surface area contributed by atoms with Crippen molar-refractivity contribution in [2.75, 3.05) is 45.4 Å². The van der Waals surface area contributed by atoms with Gasteiger partial charge < -0.3 is 19.5 Å². The molecule has 0 fully saturated rings. The fourth-order valence-corrected chi connectivity index (χ4v) is 1.99. The lowest BCUT2D eigenvalue weighted by atomic mass is 10.5. The van der Waals surface area contributed by atoms with E-state index in [1.165, 1.54) is 0 Å².